The summed E-state index contributed by atoms with van der Waals surface area (Å²) in [7, 11) is -3.93. The zero-order valence-corrected chi connectivity index (χ0v) is 19.1. The van der Waals surface area contributed by atoms with Gasteiger partial charge in [-0.1, -0.05) is 33.8 Å². The van der Waals surface area contributed by atoms with E-state index in [2.05, 4.69) is 15.6 Å². The number of nitrogens with zero attached hydrogens (tertiary/aromatic N) is 2. The number of carboxylic acid groups (broad SMARTS) is 1. The zero-order chi connectivity index (χ0) is 23.4. The molecule has 1 aliphatic heterocycles. The summed E-state index contributed by atoms with van der Waals surface area (Å²) in [6, 6.07) is 2.88. The highest BCUT2D eigenvalue weighted by molar-refractivity contribution is 7.89. The number of rotatable bonds is 7. The van der Waals surface area contributed by atoms with Crippen LogP contribution >= 0.6 is 0 Å². The second kappa shape index (κ2) is 9.92. The number of hydrogen-bond donors (Lipinski definition) is 4. The minimum Gasteiger partial charge on any atom is -0.465 e. The molecule has 174 valence electrons. The van der Waals surface area contributed by atoms with Crippen molar-refractivity contribution in [2.75, 3.05) is 13.1 Å². The lowest BCUT2D eigenvalue weighted by Gasteiger charge is -2.30. The molecule has 2 unspecified atom stereocenters. The quantitative estimate of drug-likeness (QED) is 0.479. The molecule has 2 rings (SSSR count). The topological polar surface area (TPSA) is 149 Å². The first-order valence-corrected chi connectivity index (χ1v) is 11.6. The highest BCUT2D eigenvalue weighted by atomic mass is 32.2. The Morgan fingerprint density at radius 3 is 2.55 bits per heavy atom. The average Bonchev–Trinajstić information content (AvgIpc) is 2.77. The summed E-state index contributed by atoms with van der Waals surface area (Å²) in [5, 5.41) is 24.7. The smallest absolute Gasteiger partial charge is 0.405 e. The number of β-amino-alcohol motifs (C(OH)–C–C–N with tert-alkyl or cyclic N) is 1. The van der Waals surface area contributed by atoms with E-state index in [0.29, 0.717) is 12.8 Å². The van der Waals surface area contributed by atoms with Crippen LogP contribution < -0.4 is 10.6 Å². The van der Waals surface area contributed by atoms with Gasteiger partial charge >= 0.3 is 6.09 Å². The van der Waals surface area contributed by atoms with Crippen molar-refractivity contribution in [2.24, 2.45) is 11.3 Å². The molecule has 0 spiro atoms. The molecule has 1 fully saturated rings. The summed E-state index contributed by atoms with van der Waals surface area (Å²) in [5.41, 5.74) is -0.564. The number of aromatic nitrogens is 1. The predicted molar refractivity (Wildman–Crippen MR) is 114 cm³/mol. The van der Waals surface area contributed by atoms with Gasteiger partial charge in [0.15, 0.2) is 5.03 Å². The van der Waals surface area contributed by atoms with Crippen LogP contribution in [0.3, 0.4) is 0 Å². The zero-order valence-electron chi connectivity index (χ0n) is 18.3. The normalized spacial score (nSPS) is 23.0. The fraction of sp³-hybridized carbons (Fsp3) is 0.650. The van der Waals surface area contributed by atoms with Crippen LogP contribution in [0.5, 0.6) is 0 Å². The molecule has 3 atom stereocenters. The van der Waals surface area contributed by atoms with Crippen LogP contribution in [-0.4, -0.2) is 71.2 Å². The lowest BCUT2D eigenvalue weighted by atomic mass is 9.85. The van der Waals surface area contributed by atoms with Gasteiger partial charge in [-0.15, -0.1) is 0 Å². The number of aliphatic hydroxyl groups excluding tert-OH is 1. The first-order valence-electron chi connectivity index (χ1n) is 10.2. The van der Waals surface area contributed by atoms with Gasteiger partial charge < -0.3 is 20.8 Å². The second-order valence-corrected chi connectivity index (χ2v) is 11.0. The fourth-order valence-electron chi connectivity index (χ4n) is 3.77. The van der Waals surface area contributed by atoms with Crippen LogP contribution in [0, 0.1) is 11.3 Å². The van der Waals surface area contributed by atoms with Gasteiger partial charge in [-0.25, -0.2) is 18.2 Å². The van der Waals surface area contributed by atoms with E-state index in [0.717, 1.165) is 0 Å². The Morgan fingerprint density at radius 1 is 1.32 bits per heavy atom. The van der Waals surface area contributed by atoms with Crippen LogP contribution in [0.15, 0.2) is 29.4 Å². The second-order valence-electron chi connectivity index (χ2n) is 9.15. The Labute approximate surface area is 183 Å². The summed E-state index contributed by atoms with van der Waals surface area (Å²) in [4.78, 5) is 27.8. The minimum absolute atomic E-state index is 0.0668. The Kier molecular flexibility index (Phi) is 8.01. The van der Waals surface area contributed by atoms with Crippen molar-refractivity contribution in [1.29, 1.82) is 0 Å². The molecule has 0 aromatic carbocycles. The van der Waals surface area contributed by atoms with Crippen LogP contribution in [0.25, 0.3) is 0 Å². The van der Waals surface area contributed by atoms with Crippen molar-refractivity contribution in [1.82, 2.24) is 19.9 Å². The monoisotopic (exact) mass is 456 g/mol. The molecule has 10 nitrogen and oxygen atoms in total. The predicted octanol–water partition coefficient (Wildman–Crippen LogP) is 1.03. The molecule has 11 heteroatoms. The van der Waals surface area contributed by atoms with E-state index in [4.69, 9.17) is 5.11 Å². The van der Waals surface area contributed by atoms with E-state index in [1.165, 1.54) is 16.6 Å². The van der Waals surface area contributed by atoms with Crippen LogP contribution in [0.4, 0.5) is 4.79 Å². The maximum absolute atomic E-state index is 13.0. The number of sulfonamides is 1. The number of nitrogens with one attached hydrogen (secondary N) is 2. The summed E-state index contributed by atoms with van der Waals surface area (Å²) < 4.78 is 27.3. The summed E-state index contributed by atoms with van der Waals surface area (Å²) in [6.07, 6.45) is -0.483. The Bertz CT molecular complexity index is 875. The van der Waals surface area contributed by atoms with E-state index >= 15 is 0 Å². The number of carbonyl (C=O) groups is 2. The Balaban J connectivity index is 2.22. The third-order valence-electron chi connectivity index (χ3n) is 5.12. The third kappa shape index (κ3) is 6.88. The van der Waals surface area contributed by atoms with Crippen LogP contribution in [0.2, 0.25) is 0 Å². The molecular formula is C20H32N4O6S. The van der Waals surface area contributed by atoms with Crippen molar-refractivity contribution < 1.29 is 28.2 Å². The Morgan fingerprint density at radius 2 is 2.00 bits per heavy atom. The van der Waals surface area contributed by atoms with E-state index in [-0.39, 0.29) is 24.0 Å². The fourth-order valence-corrected chi connectivity index (χ4v) is 5.35. The lowest BCUT2D eigenvalue weighted by Crippen LogP contribution is -2.54. The molecule has 2 heterocycles. The number of amides is 2. The standard InChI is InChI=1S/C20H32N4O6S/c1-13(2)9-14(23-19(27)28)18(26)22-15-10-20(3,4)12-24(11-16(15)25)31(29,30)17-7-5-6-8-21-17/h5-8,13-16,23,25H,9-12H2,1-4H3,(H,22,26)(H,27,28)/t14-,15?,16?/m0/s1. The van der Waals surface area contributed by atoms with Crippen LogP contribution in [-0.2, 0) is 14.8 Å². The number of hydrogen-bond acceptors (Lipinski definition) is 6. The first kappa shape index (κ1) is 25.0. The number of pyridine rings is 1. The van der Waals surface area contributed by atoms with Gasteiger partial charge in [0.2, 0.25) is 5.91 Å². The van der Waals surface area contributed by atoms with Crippen molar-refractivity contribution in [3.05, 3.63) is 24.4 Å². The van der Waals surface area contributed by atoms with E-state index < -0.39 is 45.6 Å². The molecule has 0 radical (unpaired) electrons. The van der Waals surface area contributed by atoms with Gasteiger partial charge in [-0.3, -0.25) is 4.79 Å². The van der Waals surface area contributed by atoms with E-state index in [1.54, 1.807) is 12.1 Å². The molecule has 1 aliphatic rings. The minimum atomic E-state index is -3.93. The molecular weight excluding hydrogens is 424 g/mol. The van der Waals surface area contributed by atoms with Gasteiger partial charge in [-0.05, 0) is 36.3 Å². The van der Waals surface area contributed by atoms with Gasteiger partial charge in [0.05, 0.1) is 12.1 Å². The van der Waals surface area contributed by atoms with Crippen molar-refractivity contribution >= 4 is 22.0 Å². The third-order valence-corrected chi connectivity index (χ3v) is 6.85. The Hall–Kier alpha value is -2.24. The maximum atomic E-state index is 13.0. The van der Waals surface area contributed by atoms with Crippen LogP contribution in [0.1, 0.15) is 40.5 Å². The molecule has 31 heavy (non-hydrogen) atoms. The molecule has 1 saturated heterocycles. The van der Waals surface area contributed by atoms with Gasteiger partial charge in [-0.2, -0.15) is 4.31 Å². The molecule has 0 bridgehead atoms. The van der Waals surface area contributed by atoms with Crippen molar-refractivity contribution in [3.8, 4) is 0 Å². The summed E-state index contributed by atoms with van der Waals surface area (Å²) in [6.45, 7) is 7.37. The highest BCUT2D eigenvalue weighted by Crippen LogP contribution is 2.31. The molecule has 2 amide bonds. The maximum Gasteiger partial charge on any atom is 0.405 e. The van der Waals surface area contributed by atoms with Gasteiger partial charge in [0.1, 0.15) is 6.04 Å². The van der Waals surface area contributed by atoms with E-state index in [1.807, 2.05) is 27.7 Å². The van der Waals surface area contributed by atoms with Gasteiger partial charge in [0, 0.05) is 19.3 Å². The van der Waals surface area contributed by atoms with Crippen molar-refractivity contribution in [3.63, 3.8) is 0 Å². The van der Waals surface area contributed by atoms with Crippen molar-refractivity contribution in [2.45, 2.75) is 63.8 Å². The number of carbonyl (C=O) groups excluding carboxylic acids is 1. The molecule has 4 N–H and O–H groups in total. The molecule has 1 aromatic heterocycles. The lowest BCUT2D eigenvalue weighted by molar-refractivity contribution is -0.125. The SMILES string of the molecule is CC(C)C[C@H](NC(=O)O)C(=O)NC1CC(C)(C)CN(S(=O)(=O)c2ccccn2)CC1O. The number of aliphatic hydroxyl groups is 1. The largest absolute Gasteiger partial charge is 0.465 e. The molecule has 0 aliphatic carbocycles. The summed E-state index contributed by atoms with van der Waals surface area (Å²) >= 11 is 0. The molecule has 1 aromatic rings. The molecule has 0 saturated carbocycles. The highest BCUT2D eigenvalue weighted by Gasteiger charge is 2.41. The van der Waals surface area contributed by atoms with Gasteiger partial charge in [0.25, 0.3) is 10.0 Å². The average molecular weight is 457 g/mol. The first-order chi connectivity index (χ1) is 14.3. The summed E-state index contributed by atoms with van der Waals surface area (Å²) in [5.74, 6) is -0.478. The van der Waals surface area contributed by atoms with E-state index in [9.17, 15) is 23.1 Å².